The summed E-state index contributed by atoms with van der Waals surface area (Å²) in [5, 5.41) is 6.89. The number of primary sulfonamides is 1. The Labute approximate surface area is 147 Å². The van der Waals surface area contributed by atoms with Gasteiger partial charge in [-0.2, -0.15) is 0 Å². The normalized spacial score (nSPS) is 12.3. The van der Waals surface area contributed by atoms with Gasteiger partial charge in [-0.25, -0.2) is 18.5 Å². The van der Waals surface area contributed by atoms with Crippen molar-refractivity contribution >= 4 is 42.9 Å². The third-order valence-electron chi connectivity index (χ3n) is 4.42. The lowest BCUT2D eigenvalue weighted by atomic mass is 10.1. The van der Waals surface area contributed by atoms with Gasteiger partial charge in [0.2, 0.25) is 10.0 Å². The summed E-state index contributed by atoms with van der Waals surface area (Å²) < 4.78 is 23.3. The van der Waals surface area contributed by atoms with E-state index in [0.29, 0.717) is 11.5 Å². The Morgan fingerprint density at radius 1 is 0.885 bits per heavy atom. The van der Waals surface area contributed by atoms with E-state index in [1.165, 1.54) is 6.07 Å². The van der Waals surface area contributed by atoms with Crippen LogP contribution in [0.1, 0.15) is 0 Å². The number of para-hydroxylation sites is 2. The summed E-state index contributed by atoms with van der Waals surface area (Å²) in [7, 11) is -3.77. The van der Waals surface area contributed by atoms with Crippen molar-refractivity contribution in [2.75, 3.05) is 0 Å². The SMILES string of the molecule is NS(=O)(=O)c1ccc2[nH]c3cnc(-c4nc5ccccc5[nH]4)cc3c2c1. The van der Waals surface area contributed by atoms with Crippen molar-refractivity contribution < 1.29 is 8.42 Å². The summed E-state index contributed by atoms with van der Waals surface area (Å²) in [5.41, 5.74) is 4.10. The summed E-state index contributed by atoms with van der Waals surface area (Å²) in [6.45, 7) is 0. The summed E-state index contributed by atoms with van der Waals surface area (Å²) in [6.07, 6.45) is 1.72. The summed E-state index contributed by atoms with van der Waals surface area (Å²) in [5.74, 6) is 0.657. The van der Waals surface area contributed by atoms with Gasteiger partial charge in [-0.15, -0.1) is 0 Å². The molecule has 0 spiro atoms. The van der Waals surface area contributed by atoms with Crippen LogP contribution in [0.3, 0.4) is 0 Å². The fourth-order valence-electron chi connectivity index (χ4n) is 3.16. The van der Waals surface area contributed by atoms with E-state index in [0.717, 1.165) is 32.8 Å². The van der Waals surface area contributed by atoms with Gasteiger partial charge in [-0.1, -0.05) is 12.1 Å². The number of aromatic amines is 2. The minimum Gasteiger partial charge on any atom is -0.353 e. The number of nitrogens with two attached hydrogens (primary N) is 1. The number of hydrogen-bond acceptors (Lipinski definition) is 4. The number of benzene rings is 2. The molecule has 0 amide bonds. The average molecular weight is 363 g/mol. The first-order valence-corrected chi connectivity index (χ1v) is 9.43. The molecule has 0 saturated carbocycles. The highest BCUT2D eigenvalue weighted by Gasteiger charge is 2.13. The van der Waals surface area contributed by atoms with Crippen LogP contribution in [0.25, 0.3) is 44.4 Å². The van der Waals surface area contributed by atoms with Crippen LogP contribution in [0.4, 0.5) is 0 Å². The predicted molar refractivity (Wildman–Crippen MR) is 100 cm³/mol. The van der Waals surface area contributed by atoms with Gasteiger partial charge in [-0.3, -0.25) is 4.98 Å². The lowest BCUT2D eigenvalue weighted by Gasteiger charge is -1.99. The van der Waals surface area contributed by atoms with E-state index < -0.39 is 10.0 Å². The summed E-state index contributed by atoms with van der Waals surface area (Å²) in [6, 6.07) is 14.4. The number of H-pyrrole nitrogens is 2. The van der Waals surface area contributed by atoms with Gasteiger partial charge in [0.15, 0.2) is 5.82 Å². The number of sulfonamides is 1. The molecular formula is C18H13N5O2S. The van der Waals surface area contributed by atoms with Crippen molar-refractivity contribution in [3.8, 4) is 11.5 Å². The lowest BCUT2D eigenvalue weighted by molar-refractivity contribution is 0.598. The van der Waals surface area contributed by atoms with E-state index >= 15 is 0 Å². The van der Waals surface area contributed by atoms with Crippen LogP contribution >= 0.6 is 0 Å². The van der Waals surface area contributed by atoms with E-state index in [1.807, 2.05) is 30.3 Å². The first-order chi connectivity index (χ1) is 12.5. The molecule has 3 heterocycles. The smallest absolute Gasteiger partial charge is 0.238 e. The van der Waals surface area contributed by atoms with Gasteiger partial charge < -0.3 is 9.97 Å². The molecule has 0 unspecified atom stereocenters. The third kappa shape index (κ3) is 2.27. The molecule has 0 aliphatic carbocycles. The van der Waals surface area contributed by atoms with Gasteiger partial charge in [0, 0.05) is 16.3 Å². The van der Waals surface area contributed by atoms with Crippen molar-refractivity contribution in [3.05, 3.63) is 54.7 Å². The Morgan fingerprint density at radius 3 is 2.50 bits per heavy atom. The monoisotopic (exact) mass is 363 g/mol. The largest absolute Gasteiger partial charge is 0.353 e. The average Bonchev–Trinajstić information content (AvgIpc) is 3.21. The number of fused-ring (bicyclic) bond motifs is 4. The van der Waals surface area contributed by atoms with Crippen molar-refractivity contribution in [2.24, 2.45) is 5.14 Å². The van der Waals surface area contributed by atoms with Crippen molar-refractivity contribution in [2.45, 2.75) is 4.90 Å². The maximum absolute atomic E-state index is 11.7. The van der Waals surface area contributed by atoms with Crippen molar-refractivity contribution in [1.82, 2.24) is 19.9 Å². The molecule has 26 heavy (non-hydrogen) atoms. The summed E-state index contributed by atoms with van der Waals surface area (Å²) >= 11 is 0. The van der Waals surface area contributed by atoms with Crippen LogP contribution in [-0.4, -0.2) is 28.4 Å². The van der Waals surface area contributed by atoms with Crippen LogP contribution in [-0.2, 0) is 10.0 Å². The molecule has 3 aromatic heterocycles. The van der Waals surface area contributed by atoms with Crippen molar-refractivity contribution in [1.29, 1.82) is 0 Å². The number of rotatable bonds is 2. The summed E-state index contributed by atoms with van der Waals surface area (Å²) in [4.78, 5) is 15.6. The zero-order valence-electron chi connectivity index (χ0n) is 13.4. The second kappa shape index (κ2) is 5.13. The number of pyridine rings is 1. The molecule has 0 bridgehead atoms. The van der Waals surface area contributed by atoms with Crippen LogP contribution in [0.2, 0.25) is 0 Å². The zero-order chi connectivity index (χ0) is 17.9. The minimum absolute atomic E-state index is 0.0769. The second-order valence-corrected chi connectivity index (χ2v) is 7.66. The zero-order valence-corrected chi connectivity index (χ0v) is 14.2. The molecule has 2 aromatic carbocycles. The highest BCUT2D eigenvalue weighted by Crippen LogP contribution is 2.29. The fourth-order valence-corrected chi connectivity index (χ4v) is 3.70. The Balaban J connectivity index is 1.76. The Kier molecular flexibility index (Phi) is 2.97. The molecule has 0 saturated heterocycles. The number of imidazole rings is 1. The molecule has 0 aliphatic heterocycles. The Morgan fingerprint density at radius 2 is 1.69 bits per heavy atom. The molecule has 0 fully saturated rings. The maximum Gasteiger partial charge on any atom is 0.238 e. The van der Waals surface area contributed by atoms with E-state index in [4.69, 9.17) is 5.14 Å². The maximum atomic E-state index is 11.7. The highest BCUT2D eigenvalue weighted by molar-refractivity contribution is 7.89. The molecule has 128 valence electrons. The Hall–Kier alpha value is -3.23. The Bertz CT molecular complexity index is 1380. The molecule has 5 rings (SSSR count). The molecule has 5 aromatic rings. The number of hydrogen-bond donors (Lipinski definition) is 3. The van der Waals surface area contributed by atoms with E-state index in [-0.39, 0.29) is 4.90 Å². The third-order valence-corrected chi connectivity index (χ3v) is 5.33. The van der Waals surface area contributed by atoms with E-state index in [1.54, 1.807) is 18.3 Å². The molecule has 8 heteroatoms. The second-order valence-electron chi connectivity index (χ2n) is 6.10. The van der Waals surface area contributed by atoms with Gasteiger partial charge in [0.05, 0.1) is 27.6 Å². The number of aromatic nitrogens is 4. The number of nitrogens with zero attached hydrogens (tertiary/aromatic N) is 2. The molecule has 0 aliphatic rings. The first kappa shape index (κ1) is 15.1. The number of nitrogens with one attached hydrogen (secondary N) is 2. The van der Waals surface area contributed by atoms with Crippen molar-refractivity contribution in [3.63, 3.8) is 0 Å². The van der Waals surface area contributed by atoms with E-state index in [2.05, 4.69) is 19.9 Å². The predicted octanol–water partition coefficient (Wildman–Crippen LogP) is 2.91. The topological polar surface area (TPSA) is 118 Å². The first-order valence-electron chi connectivity index (χ1n) is 7.88. The van der Waals surface area contributed by atoms with Gasteiger partial charge in [0.25, 0.3) is 0 Å². The van der Waals surface area contributed by atoms with Gasteiger partial charge in [-0.05, 0) is 36.4 Å². The van der Waals surface area contributed by atoms with Crippen LogP contribution < -0.4 is 5.14 Å². The minimum atomic E-state index is -3.77. The van der Waals surface area contributed by atoms with E-state index in [9.17, 15) is 8.42 Å². The highest BCUT2D eigenvalue weighted by atomic mass is 32.2. The quantitative estimate of drug-likeness (QED) is 0.447. The van der Waals surface area contributed by atoms with Gasteiger partial charge in [0.1, 0.15) is 5.69 Å². The van der Waals surface area contributed by atoms with Crippen LogP contribution in [0.15, 0.2) is 59.6 Å². The van der Waals surface area contributed by atoms with Crippen LogP contribution in [0.5, 0.6) is 0 Å². The molecule has 0 radical (unpaired) electrons. The van der Waals surface area contributed by atoms with Gasteiger partial charge >= 0.3 is 0 Å². The molecule has 4 N–H and O–H groups in total. The van der Waals surface area contributed by atoms with Crippen LogP contribution in [0, 0.1) is 0 Å². The molecule has 7 nitrogen and oxygen atoms in total. The molecule has 0 atom stereocenters. The molecular weight excluding hydrogens is 350 g/mol. The lowest BCUT2D eigenvalue weighted by Crippen LogP contribution is -2.11. The standard InChI is InChI=1S/C18H13N5O2S/c19-26(24,25)10-5-6-13-11(7-10)12-8-16(20-9-17(12)21-13)18-22-14-3-1-2-4-15(14)23-18/h1-9,21H,(H,22,23)(H2,19,24,25). The fraction of sp³-hybridized carbons (Fsp3) is 0.